The zero-order valence-corrected chi connectivity index (χ0v) is 14.9. The Balaban J connectivity index is 3.25. The van der Waals surface area contributed by atoms with Gasteiger partial charge in [0.2, 0.25) is 0 Å². The van der Waals surface area contributed by atoms with E-state index in [1.54, 1.807) is 44.2 Å². The van der Waals surface area contributed by atoms with Gasteiger partial charge in [-0.1, -0.05) is 66.8 Å². The van der Waals surface area contributed by atoms with Crippen molar-refractivity contribution in [3.05, 3.63) is 30.3 Å². The molecule has 0 amide bonds. The van der Waals surface area contributed by atoms with Gasteiger partial charge >= 0.3 is 10.2 Å². The third-order valence-corrected chi connectivity index (χ3v) is 6.19. The van der Waals surface area contributed by atoms with Crippen LogP contribution in [-0.4, -0.2) is 28.9 Å². The van der Waals surface area contributed by atoms with E-state index in [1.807, 2.05) is 0 Å². The molecule has 1 rings (SSSR count). The molecule has 0 heterocycles. The van der Waals surface area contributed by atoms with Gasteiger partial charge in [0.05, 0.1) is 5.69 Å². The molecule has 0 atom stereocenters. The number of hydrogen-bond acceptors (Lipinski definition) is 3. The Bertz CT molecular complexity index is 516. The van der Waals surface area contributed by atoms with Crippen molar-refractivity contribution in [3.8, 4) is 0 Å². The molecule has 0 saturated heterocycles. The lowest BCUT2D eigenvalue weighted by Gasteiger charge is -2.30. The molecule has 0 aliphatic carbocycles. The molecule has 0 fully saturated rings. The number of anilines is 1. The fourth-order valence-corrected chi connectivity index (χ4v) is 5.18. The minimum Gasteiger partial charge on any atom is -0.195 e. The van der Waals surface area contributed by atoms with Crippen molar-refractivity contribution in [2.45, 2.75) is 17.0 Å². The van der Waals surface area contributed by atoms with Crippen molar-refractivity contribution in [3.63, 3.8) is 0 Å². The van der Waals surface area contributed by atoms with Crippen LogP contribution in [0, 0.1) is 0 Å². The summed E-state index contributed by atoms with van der Waals surface area (Å²) in [5, 5.41) is 0. The molecule has 0 aliphatic heterocycles. The highest BCUT2D eigenvalue weighted by molar-refractivity contribution is 8.16. The van der Waals surface area contributed by atoms with Gasteiger partial charge in [0.25, 0.3) is 3.12 Å². The van der Waals surface area contributed by atoms with Gasteiger partial charge in [-0.15, -0.1) is 0 Å². The average molecular weight is 378 g/mol. The summed E-state index contributed by atoms with van der Waals surface area (Å²) in [4.78, 5) is 0. The standard InChI is InChI=1S/C11H15Cl3N2O2S2/c1-3-15(4-2)20(17,18)16(19-11(12,13)14)10-8-6-5-7-9-10/h5-9H,3-4H2,1-2H3. The Labute approximate surface area is 139 Å². The molecule has 0 aromatic heterocycles. The highest BCUT2D eigenvalue weighted by Crippen LogP contribution is 2.44. The van der Waals surface area contributed by atoms with Gasteiger partial charge in [-0.3, -0.25) is 0 Å². The summed E-state index contributed by atoms with van der Waals surface area (Å²) in [5.74, 6) is 0. The third-order valence-electron chi connectivity index (χ3n) is 2.39. The van der Waals surface area contributed by atoms with Crippen molar-refractivity contribution < 1.29 is 8.42 Å². The molecule has 1 aromatic carbocycles. The molecule has 0 aliphatic rings. The monoisotopic (exact) mass is 376 g/mol. The maximum atomic E-state index is 12.6. The van der Waals surface area contributed by atoms with Crippen LogP contribution in [0.25, 0.3) is 0 Å². The Morgan fingerprint density at radius 3 is 2.00 bits per heavy atom. The van der Waals surface area contributed by atoms with Crippen molar-refractivity contribution in [2.75, 3.05) is 16.8 Å². The van der Waals surface area contributed by atoms with Crippen LogP contribution in [0.15, 0.2) is 30.3 Å². The van der Waals surface area contributed by atoms with E-state index in [1.165, 1.54) is 4.31 Å². The predicted molar refractivity (Wildman–Crippen MR) is 88.6 cm³/mol. The fraction of sp³-hybridized carbons (Fsp3) is 0.455. The Hall–Kier alpha value is 0.150. The van der Waals surface area contributed by atoms with E-state index in [2.05, 4.69) is 0 Å². The lowest BCUT2D eigenvalue weighted by atomic mass is 10.3. The molecule has 0 saturated carbocycles. The van der Waals surface area contributed by atoms with Gasteiger partial charge in [0.1, 0.15) is 0 Å². The maximum Gasteiger partial charge on any atom is 0.313 e. The van der Waals surface area contributed by atoms with Crippen LogP contribution < -0.4 is 3.71 Å². The molecule has 114 valence electrons. The molecule has 0 radical (unpaired) electrons. The number of benzene rings is 1. The van der Waals surface area contributed by atoms with E-state index in [0.29, 0.717) is 30.7 Å². The number of rotatable bonds is 6. The summed E-state index contributed by atoms with van der Waals surface area (Å²) in [6.45, 7) is 4.18. The number of hydrogen-bond donors (Lipinski definition) is 0. The molecule has 20 heavy (non-hydrogen) atoms. The highest BCUT2D eigenvalue weighted by atomic mass is 35.6. The normalized spacial score (nSPS) is 12.7. The van der Waals surface area contributed by atoms with Gasteiger partial charge in [-0.05, 0) is 12.1 Å². The van der Waals surface area contributed by atoms with Crippen LogP contribution >= 0.6 is 46.8 Å². The summed E-state index contributed by atoms with van der Waals surface area (Å²) < 4.78 is 25.8. The second-order valence-corrected chi connectivity index (χ2v) is 9.81. The van der Waals surface area contributed by atoms with Crippen LogP contribution in [0.3, 0.4) is 0 Å². The summed E-state index contributed by atoms with van der Waals surface area (Å²) in [6.07, 6.45) is 0. The Morgan fingerprint density at radius 1 is 1.10 bits per heavy atom. The molecule has 0 spiro atoms. The van der Waals surface area contributed by atoms with Crippen molar-refractivity contribution in [2.24, 2.45) is 0 Å². The zero-order chi connectivity index (χ0) is 15.4. The number of halogens is 3. The third kappa shape index (κ3) is 4.86. The van der Waals surface area contributed by atoms with E-state index in [4.69, 9.17) is 34.8 Å². The molecular weight excluding hydrogens is 363 g/mol. The van der Waals surface area contributed by atoms with Gasteiger partial charge in [-0.25, -0.2) is 0 Å². The quantitative estimate of drug-likeness (QED) is 0.554. The van der Waals surface area contributed by atoms with E-state index in [9.17, 15) is 8.42 Å². The van der Waals surface area contributed by atoms with Crippen LogP contribution in [0.5, 0.6) is 0 Å². The number of alkyl halides is 3. The lowest BCUT2D eigenvalue weighted by Crippen LogP contribution is -2.41. The summed E-state index contributed by atoms with van der Waals surface area (Å²) >= 11 is 17.9. The summed E-state index contributed by atoms with van der Waals surface area (Å²) in [7, 11) is -3.77. The van der Waals surface area contributed by atoms with E-state index < -0.39 is 13.3 Å². The van der Waals surface area contributed by atoms with Gasteiger partial charge < -0.3 is 0 Å². The lowest BCUT2D eigenvalue weighted by molar-refractivity contribution is 0.447. The maximum absolute atomic E-state index is 12.6. The molecule has 9 heteroatoms. The minimum atomic E-state index is -3.77. The molecular formula is C11H15Cl3N2O2S2. The van der Waals surface area contributed by atoms with E-state index in [-0.39, 0.29) is 0 Å². The van der Waals surface area contributed by atoms with Crippen molar-refractivity contribution >= 4 is 62.6 Å². The van der Waals surface area contributed by atoms with Gasteiger partial charge in [0, 0.05) is 25.0 Å². The van der Waals surface area contributed by atoms with Gasteiger partial charge in [-0.2, -0.15) is 16.4 Å². The Kier molecular flexibility index (Phi) is 6.76. The fourth-order valence-electron chi connectivity index (χ4n) is 1.53. The van der Waals surface area contributed by atoms with Crippen LogP contribution in [0.1, 0.15) is 13.8 Å². The molecule has 0 N–H and O–H groups in total. The average Bonchev–Trinajstić information content (AvgIpc) is 2.37. The second-order valence-electron chi connectivity index (χ2n) is 3.69. The topological polar surface area (TPSA) is 40.6 Å². The molecule has 0 unspecified atom stereocenters. The molecule has 0 bridgehead atoms. The highest BCUT2D eigenvalue weighted by Gasteiger charge is 2.35. The zero-order valence-electron chi connectivity index (χ0n) is 11.0. The number of nitrogens with zero attached hydrogens (tertiary/aromatic N) is 2. The number of para-hydroxylation sites is 1. The van der Waals surface area contributed by atoms with Crippen LogP contribution in [0.4, 0.5) is 5.69 Å². The first-order valence-electron chi connectivity index (χ1n) is 5.83. The first kappa shape index (κ1) is 18.2. The second kappa shape index (κ2) is 7.42. The summed E-state index contributed by atoms with van der Waals surface area (Å²) in [6, 6.07) is 8.51. The van der Waals surface area contributed by atoms with E-state index >= 15 is 0 Å². The van der Waals surface area contributed by atoms with Crippen molar-refractivity contribution in [1.29, 1.82) is 0 Å². The SMILES string of the molecule is CCN(CC)S(=O)(=O)N(SC(Cl)(Cl)Cl)c1ccccc1. The molecule has 4 nitrogen and oxygen atoms in total. The Morgan fingerprint density at radius 2 is 1.60 bits per heavy atom. The largest absolute Gasteiger partial charge is 0.313 e. The summed E-state index contributed by atoms with van der Waals surface area (Å²) in [5.41, 5.74) is 0.427. The smallest absolute Gasteiger partial charge is 0.195 e. The first-order chi connectivity index (χ1) is 9.22. The van der Waals surface area contributed by atoms with Crippen LogP contribution in [0.2, 0.25) is 0 Å². The first-order valence-corrected chi connectivity index (χ1v) is 9.14. The van der Waals surface area contributed by atoms with Crippen LogP contribution in [-0.2, 0) is 10.2 Å². The molecule has 1 aromatic rings. The van der Waals surface area contributed by atoms with E-state index in [0.717, 1.165) is 3.71 Å². The van der Waals surface area contributed by atoms with Crippen molar-refractivity contribution in [1.82, 2.24) is 4.31 Å². The predicted octanol–water partition coefficient (Wildman–Crippen LogP) is 4.06. The van der Waals surface area contributed by atoms with Gasteiger partial charge in [0.15, 0.2) is 0 Å². The minimum absolute atomic E-state index is 0.336.